The number of anilines is 1. The number of alkyl halides is 6. The average molecular weight is 475 g/mol. The molecule has 1 saturated carbocycles. The fraction of sp³-hybridized carbons (Fsp3) is 0.476. The normalized spacial score (nSPS) is 17.0. The quantitative estimate of drug-likeness (QED) is 0.305. The van der Waals surface area contributed by atoms with Crippen molar-refractivity contribution < 1.29 is 31.1 Å². The highest BCUT2D eigenvalue weighted by Gasteiger charge is 2.33. The van der Waals surface area contributed by atoms with Crippen molar-refractivity contribution in [3.8, 4) is 0 Å². The largest absolute Gasteiger partial charge is 0.432 e. The molecule has 0 bridgehead atoms. The van der Waals surface area contributed by atoms with Crippen LogP contribution < -0.4 is 10.6 Å². The minimum Gasteiger partial charge on any atom is -0.309 e. The van der Waals surface area contributed by atoms with Crippen LogP contribution in [0.1, 0.15) is 60.6 Å². The number of aromatic amines is 1. The van der Waals surface area contributed by atoms with E-state index < -0.39 is 29.5 Å². The summed E-state index contributed by atoms with van der Waals surface area (Å²) in [7, 11) is 0. The Kier molecular flexibility index (Phi) is 7.33. The van der Waals surface area contributed by atoms with Gasteiger partial charge >= 0.3 is 12.4 Å². The number of carbonyl (C=O) groups is 1. The summed E-state index contributed by atoms with van der Waals surface area (Å²) in [6.07, 6.45) is -4.11. The van der Waals surface area contributed by atoms with Gasteiger partial charge in [-0.2, -0.15) is 31.4 Å². The molecule has 1 amide bonds. The molecule has 0 saturated heterocycles. The van der Waals surface area contributed by atoms with Gasteiger partial charge in [0, 0.05) is 11.6 Å². The first kappa shape index (κ1) is 24.6. The summed E-state index contributed by atoms with van der Waals surface area (Å²) in [5.41, 5.74) is -2.06. The van der Waals surface area contributed by atoms with Crippen LogP contribution in [0.25, 0.3) is 0 Å². The maximum absolute atomic E-state index is 12.9. The summed E-state index contributed by atoms with van der Waals surface area (Å²) >= 11 is 0. The molecule has 1 aromatic carbocycles. The van der Waals surface area contributed by atoms with E-state index >= 15 is 0 Å². The highest BCUT2D eigenvalue weighted by molar-refractivity contribution is 6.09. The third kappa shape index (κ3) is 6.72. The summed E-state index contributed by atoms with van der Waals surface area (Å²) in [4.78, 5) is 17.1. The number of hydrogen-bond donors (Lipinski definition) is 3. The van der Waals surface area contributed by atoms with Gasteiger partial charge in [-0.3, -0.25) is 15.2 Å². The molecule has 2 aromatic rings. The number of hydrogen-bond acceptors (Lipinski definition) is 3. The van der Waals surface area contributed by atoms with Crippen molar-refractivity contribution >= 4 is 17.7 Å². The van der Waals surface area contributed by atoms with E-state index in [0.29, 0.717) is 0 Å². The van der Waals surface area contributed by atoms with Crippen LogP contribution in [0.4, 0.5) is 32.2 Å². The predicted molar refractivity (Wildman–Crippen MR) is 110 cm³/mol. The van der Waals surface area contributed by atoms with E-state index in [1.807, 2.05) is 12.0 Å². The number of guanidine groups is 1. The first-order valence-corrected chi connectivity index (χ1v) is 10.4. The van der Waals surface area contributed by atoms with E-state index in [1.54, 1.807) is 0 Å². The number of amides is 1. The van der Waals surface area contributed by atoms with Crippen LogP contribution in [0.15, 0.2) is 35.3 Å². The highest BCUT2D eigenvalue weighted by Crippen LogP contribution is 2.30. The molecule has 1 aliphatic carbocycles. The van der Waals surface area contributed by atoms with Crippen molar-refractivity contribution in [2.75, 3.05) is 5.32 Å². The fourth-order valence-electron chi connectivity index (χ4n) is 3.66. The number of aliphatic imine (C=N–C) groups is 1. The molecule has 3 N–H and O–H groups in total. The molecule has 33 heavy (non-hydrogen) atoms. The van der Waals surface area contributed by atoms with Crippen LogP contribution in [0.3, 0.4) is 0 Å². The Morgan fingerprint density at radius 1 is 1.06 bits per heavy atom. The zero-order valence-corrected chi connectivity index (χ0v) is 17.6. The molecule has 1 fully saturated rings. The van der Waals surface area contributed by atoms with Crippen LogP contribution >= 0.6 is 0 Å². The van der Waals surface area contributed by atoms with Gasteiger partial charge in [0.1, 0.15) is 5.69 Å². The molecule has 1 aliphatic rings. The smallest absolute Gasteiger partial charge is 0.309 e. The highest BCUT2D eigenvalue weighted by atomic mass is 19.4. The van der Waals surface area contributed by atoms with Gasteiger partial charge in [0.2, 0.25) is 5.96 Å². The van der Waals surface area contributed by atoms with Gasteiger partial charge < -0.3 is 5.32 Å². The lowest BCUT2D eigenvalue weighted by Gasteiger charge is -2.25. The number of benzene rings is 1. The van der Waals surface area contributed by atoms with Crippen LogP contribution in [-0.4, -0.2) is 28.1 Å². The van der Waals surface area contributed by atoms with Gasteiger partial charge in [0.05, 0.1) is 11.6 Å². The summed E-state index contributed by atoms with van der Waals surface area (Å²) < 4.78 is 76.9. The molecule has 180 valence electrons. The molecule has 12 heteroatoms. The van der Waals surface area contributed by atoms with Gasteiger partial charge in [0.25, 0.3) is 5.91 Å². The standard InChI is InChI=1S/C21H23F6N5O/c1-12(13-5-3-2-4-6-13)28-19(29-17-11-16(31-32-17)21(25,26)27)30-18(33)14-7-9-15(10-8-14)20(22,23)24/h7-13H,2-6H2,1H3,(H3,28,29,30,31,32,33)/t12-/m0/s1. The average Bonchev–Trinajstić information content (AvgIpc) is 3.23. The third-order valence-corrected chi connectivity index (χ3v) is 5.50. The lowest BCUT2D eigenvalue weighted by molar-refractivity contribution is -0.141. The Balaban J connectivity index is 1.80. The van der Waals surface area contributed by atoms with Crippen molar-refractivity contribution in [3.63, 3.8) is 0 Å². The Hall–Kier alpha value is -3.05. The van der Waals surface area contributed by atoms with Crippen LogP contribution in [0, 0.1) is 5.92 Å². The number of nitrogens with zero attached hydrogens (tertiary/aromatic N) is 2. The van der Waals surface area contributed by atoms with Crippen LogP contribution in [0.5, 0.6) is 0 Å². The molecule has 0 radical (unpaired) electrons. The van der Waals surface area contributed by atoms with Gasteiger partial charge in [0.15, 0.2) is 5.82 Å². The zero-order valence-electron chi connectivity index (χ0n) is 17.6. The molecule has 0 spiro atoms. The predicted octanol–water partition coefficient (Wildman–Crippen LogP) is 5.61. The summed E-state index contributed by atoms with van der Waals surface area (Å²) in [6.45, 7) is 1.84. The van der Waals surface area contributed by atoms with Crippen molar-refractivity contribution in [2.24, 2.45) is 10.9 Å². The first-order chi connectivity index (χ1) is 15.4. The summed E-state index contributed by atoms with van der Waals surface area (Å²) in [6, 6.07) is 4.04. The first-order valence-electron chi connectivity index (χ1n) is 10.4. The molecule has 6 nitrogen and oxygen atoms in total. The Morgan fingerprint density at radius 3 is 2.24 bits per heavy atom. The SMILES string of the molecule is C[C@H](N=C(NC(=O)c1ccc(C(F)(F)F)cc1)Nc1cc(C(F)(F)F)[nH]n1)C1CCCCC1. The maximum atomic E-state index is 12.9. The van der Waals surface area contributed by atoms with Gasteiger partial charge in [-0.25, -0.2) is 4.99 Å². The third-order valence-electron chi connectivity index (χ3n) is 5.50. The minimum atomic E-state index is -4.64. The molecule has 3 rings (SSSR count). The summed E-state index contributed by atoms with van der Waals surface area (Å²) in [5, 5.41) is 10.4. The maximum Gasteiger partial charge on any atom is 0.432 e. The lowest BCUT2D eigenvalue weighted by atomic mass is 9.85. The molecule has 0 aliphatic heterocycles. The summed E-state index contributed by atoms with van der Waals surface area (Å²) in [5.74, 6) is -0.885. The topological polar surface area (TPSA) is 82.2 Å². The Labute approximate surface area is 185 Å². The molecule has 1 atom stereocenters. The van der Waals surface area contributed by atoms with E-state index in [9.17, 15) is 31.1 Å². The molecule has 0 unspecified atom stereocenters. The number of halogens is 6. The molecule has 1 heterocycles. The second-order valence-corrected chi connectivity index (χ2v) is 7.94. The Bertz CT molecular complexity index is 974. The van der Waals surface area contributed by atoms with Crippen LogP contribution in [-0.2, 0) is 12.4 Å². The number of rotatable bonds is 4. The number of nitrogens with one attached hydrogen (secondary N) is 3. The van der Waals surface area contributed by atoms with Crippen molar-refractivity contribution in [1.82, 2.24) is 15.5 Å². The zero-order chi connectivity index (χ0) is 24.2. The fourth-order valence-corrected chi connectivity index (χ4v) is 3.66. The van der Waals surface area contributed by atoms with Crippen molar-refractivity contribution in [2.45, 2.75) is 57.4 Å². The second kappa shape index (κ2) is 9.84. The molecular formula is C21H23F6N5O. The van der Waals surface area contributed by atoms with E-state index in [-0.39, 0.29) is 29.3 Å². The number of aromatic nitrogens is 2. The molecular weight excluding hydrogens is 452 g/mol. The number of carbonyl (C=O) groups excluding carboxylic acids is 1. The van der Waals surface area contributed by atoms with Gasteiger partial charge in [-0.05, 0) is 49.9 Å². The van der Waals surface area contributed by atoms with Gasteiger partial charge in [-0.15, -0.1) is 0 Å². The minimum absolute atomic E-state index is 0.0687. The Morgan fingerprint density at radius 2 is 1.70 bits per heavy atom. The van der Waals surface area contributed by atoms with E-state index in [2.05, 4.69) is 20.7 Å². The van der Waals surface area contributed by atoms with E-state index in [4.69, 9.17) is 0 Å². The molecule has 1 aromatic heterocycles. The number of H-pyrrole nitrogens is 1. The van der Waals surface area contributed by atoms with Crippen molar-refractivity contribution in [1.29, 1.82) is 0 Å². The van der Waals surface area contributed by atoms with Crippen LogP contribution in [0.2, 0.25) is 0 Å². The lowest BCUT2D eigenvalue weighted by Crippen LogP contribution is -2.38. The second-order valence-electron chi connectivity index (χ2n) is 7.94. The monoisotopic (exact) mass is 475 g/mol. The van der Waals surface area contributed by atoms with E-state index in [1.165, 1.54) is 0 Å². The van der Waals surface area contributed by atoms with E-state index in [0.717, 1.165) is 62.4 Å². The van der Waals surface area contributed by atoms with Gasteiger partial charge in [-0.1, -0.05) is 19.3 Å². The van der Waals surface area contributed by atoms with Crippen molar-refractivity contribution in [3.05, 3.63) is 47.2 Å².